The minimum absolute atomic E-state index is 0.206. The van der Waals surface area contributed by atoms with E-state index in [9.17, 15) is 9.90 Å². The van der Waals surface area contributed by atoms with Crippen LogP contribution in [0.1, 0.15) is 22.3 Å². The lowest BCUT2D eigenvalue weighted by atomic mass is 10.1. The van der Waals surface area contributed by atoms with Gasteiger partial charge in [0.15, 0.2) is 0 Å². The average molecular weight is 314 g/mol. The molecule has 0 saturated carbocycles. The molecule has 2 rings (SSSR count). The fourth-order valence-corrected chi connectivity index (χ4v) is 2.73. The number of aliphatic hydroxyl groups is 1. The Bertz CT molecular complexity index is 450. The predicted molar refractivity (Wildman–Crippen MR) is 71.4 cm³/mol. The molecule has 1 heterocycles. The topological polar surface area (TPSA) is 49.8 Å². The molecule has 0 aliphatic carbocycles. The third kappa shape index (κ3) is 3.10. The molecule has 1 atom stereocenters. The molecule has 5 heteroatoms. The highest BCUT2D eigenvalue weighted by Crippen LogP contribution is 2.21. The first kappa shape index (κ1) is 13.5. The van der Waals surface area contributed by atoms with Gasteiger partial charge < -0.3 is 9.84 Å². The minimum atomic E-state index is -0.343. The van der Waals surface area contributed by atoms with Crippen molar-refractivity contribution in [2.45, 2.75) is 19.1 Å². The van der Waals surface area contributed by atoms with Crippen LogP contribution in [0.4, 0.5) is 0 Å². The molecule has 18 heavy (non-hydrogen) atoms. The number of rotatable bonds is 3. The molecule has 0 spiro atoms. The number of hydrogen-bond donors (Lipinski definition) is 1. The van der Waals surface area contributed by atoms with Crippen molar-refractivity contribution >= 4 is 21.9 Å². The molecule has 1 aliphatic heterocycles. The number of carbonyl (C=O) groups is 1. The van der Waals surface area contributed by atoms with Crippen molar-refractivity contribution in [2.75, 3.05) is 20.2 Å². The maximum atomic E-state index is 11.4. The second-order valence-electron chi connectivity index (χ2n) is 4.48. The zero-order valence-electron chi connectivity index (χ0n) is 10.2. The van der Waals surface area contributed by atoms with Gasteiger partial charge in [-0.1, -0.05) is 6.07 Å². The van der Waals surface area contributed by atoms with E-state index in [4.69, 9.17) is 4.74 Å². The third-order valence-corrected chi connectivity index (χ3v) is 3.75. The number of esters is 1. The lowest BCUT2D eigenvalue weighted by Crippen LogP contribution is -2.21. The second-order valence-corrected chi connectivity index (χ2v) is 5.34. The molecular weight excluding hydrogens is 298 g/mol. The van der Waals surface area contributed by atoms with E-state index in [2.05, 4.69) is 20.8 Å². The number of β-amino-alcohol motifs (C(OH)–C–C–N with tert-alkyl or cyclic N) is 1. The molecule has 1 aromatic carbocycles. The van der Waals surface area contributed by atoms with E-state index in [-0.39, 0.29) is 12.1 Å². The van der Waals surface area contributed by atoms with Crippen LogP contribution in [0.2, 0.25) is 0 Å². The second kappa shape index (κ2) is 5.82. The van der Waals surface area contributed by atoms with Gasteiger partial charge in [0.05, 0.1) is 18.8 Å². The van der Waals surface area contributed by atoms with Crippen molar-refractivity contribution in [2.24, 2.45) is 0 Å². The summed E-state index contributed by atoms with van der Waals surface area (Å²) >= 11 is 3.38. The van der Waals surface area contributed by atoms with E-state index >= 15 is 0 Å². The van der Waals surface area contributed by atoms with Gasteiger partial charge in [0.1, 0.15) is 0 Å². The summed E-state index contributed by atoms with van der Waals surface area (Å²) in [5.74, 6) is -0.343. The Labute approximate surface area is 115 Å². The predicted octanol–water partition coefficient (Wildman–Crippen LogP) is 1.80. The summed E-state index contributed by atoms with van der Waals surface area (Å²) in [5.41, 5.74) is 1.64. The minimum Gasteiger partial charge on any atom is -0.465 e. The van der Waals surface area contributed by atoms with Crippen LogP contribution in [0.15, 0.2) is 22.7 Å². The molecule has 1 aliphatic rings. The third-order valence-electron chi connectivity index (χ3n) is 3.09. The molecule has 0 bridgehead atoms. The van der Waals surface area contributed by atoms with Gasteiger partial charge in [-0.05, 0) is 40.0 Å². The van der Waals surface area contributed by atoms with Crippen LogP contribution in [0.25, 0.3) is 0 Å². The number of likely N-dealkylation sites (tertiary alicyclic amines) is 1. The number of carbonyl (C=O) groups excluding carboxylic acids is 1. The first-order valence-corrected chi connectivity index (χ1v) is 6.66. The lowest BCUT2D eigenvalue weighted by Gasteiger charge is -2.15. The van der Waals surface area contributed by atoms with E-state index in [1.54, 1.807) is 6.07 Å². The zero-order valence-corrected chi connectivity index (χ0v) is 11.8. The van der Waals surface area contributed by atoms with Crippen LogP contribution in [-0.2, 0) is 11.3 Å². The summed E-state index contributed by atoms with van der Waals surface area (Å²) in [5, 5.41) is 9.47. The quantitative estimate of drug-likeness (QED) is 0.865. The number of methoxy groups -OCH3 is 1. The van der Waals surface area contributed by atoms with Crippen molar-refractivity contribution in [1.29, 1.82) is 0 Å². The lowest BCUT2D eigenvalue weighted by molar-refractivity contribution is 0.0599. The highest BCUT2D eigenvalue weighted by molar-refractivity contribution is 9.10. The maximum Gasteiger partial charge on any atom is 0.338 e. The molecule has 0 radical (unpaired) electrons. The Hall–Kier alpha value is -0.910. The molecule has 1 saturated heterocycles. The highest BCUT2D eigenvalue weighted by Gasteiger charge is 2.20. The van der Waals surface area contributed by atoms with Gasteiger partial charge in [-0.3, -0.25) is 4.90 Å². The van der Waals surface area contributed by atoms with Crippen molar-refractivity contribution in [3.05, 3.63) is 33.8 Å². The highest BCUT2D eigenvalue weighted by atomic mass is 79.9. The Balaban J connectivity index is 2.07. The van der Waals surface area contributed by atoms with Gasteiger partial charge in [-0.25, -0.2) is 4.79 Å². The van der Waals surface area contributed by atoms with E-state index < -0.39 is 0 Å². The molecule has 98 valence electrons. The van der Waals surface area contributed by atoms with E-state index in [0.29, 0.717) is 5.56 Å². The summed E-state index contributed by atoms with van der Waals surface area (Å²) < 4.78 is 5.43. The first-order chi connectivity index (χ1) is 8.60. The molecular formula is C13H16BrNO3. The summed E-state index contributed by atoms with van der Waals surface area (Å²) in [6.07, 6.45) is 0.629. The molecule has 1 aromatic rings. The van der Waals surface area contributed by atoms with Crippen molar-refractivity contribution in [1.82, 2.24) is 4.90 Å². The van der Waals surface area contributed by atoms with E-state index in [1.807, 2.05) is 12.1 Å². The van der Waals surface area contributed by atoms with Crippen LogP contribution in [0.3, 0.4) is 0 Å². The van der Waals surface area contributed by atoms with Gasteiger partial charge in [-0.15, -0.1) is 0 Å². The Morgan fingerprint density at radius 2 is 2.39 bits per heavy atom. The summed E-state index contributed by atoms with van der Waals surface area (Å²) in [6.45, 7) is 2.42. The summed E-state index contributed by atoms with van der Waals surface area (Å²) in [7, 11) is 1.37. The van der Waals surface area contributed by atoms with Crippen LogP contribution < -0.4 is 0 Å². The first-order valence-electron chi connectivity index (χ1n) is 5.87. The number of ether oxygens (including phenoxy) is 1. The fourth-order valence-electron chi connectivity index (χ4n) is 2.15. The van der Waals surface area contributed by atoms with Crippen molar-refractivity contribution in [3.63, 3.8) is 0 Å². The largest absolute Gasteiger partial charge is 0.465 e. The molecule has 1 fully saturated rings. The van der Waals surface area contributed by atoms with Gasteiger partial charge >= 0.3 is 5.97 Å². The smallest absolute Gasteiger partial charge is 0.338 e. The van der Waals surface area contributed by atoms with Crippen LogP contribution in [-0.4, -0.2) is 42.3 Å². The molecule has 1 unspecified atom stereocenters. The number of hydrogen-bond acceptors (Lipinski definition) is 4. The number of nitrogens with zero attached hydrogens (tertiary/aromatic N) is 1. The van der Waals surface area contributed by atoms with Crippen molar-refractivity contribution in [3.8, 4) is 0 Å². The number of aliphatic hydroxyl groups excluding tert-OH is 1. The SMILES string of the molecule is COC(=O)c1ccc(CN2CCC(O)C2)cc1Br. The Morgan fingerprint density at radius 3 is 2.94 bits per heavy atom. The van der Waals surface area contributed by atoms with Crippen LogP contribution >= 0.6 is 15.9 Å². The van der Waals surface area contributed by atoms with Crippen LogP contribution in [0.5, 0.6) is 0 Å². The average Bonchev–Trinajstić information content (AvgIpc) is 2.74. The van der Waals surface area contributed by atoms with E-state index in [1.165, 1.54) is 7.11 Å². The number of benzene rings is 1. The standard InChI is InChI=1S/C13H16BrNO3/c1-18-13(17)11-3-2-9(6-12(11)14)7-15-5-4-10(16)8-15/h2-3,6,10,16H,4-5,7-8H2,1H3. The molecule has 0 aromatic heterocycles. The van der Waals surface area contributed by atoms with Gasteiger partial charge in [0.25, 0.3) is 0 Å². The monoisotopic (exact) mass is 313 g/mol. The van der Waals surface area contributed by atoms with Gasteiger partial charge in [0, 0.05) is 24.1 Å². The summed E-state index contributed by atoms with van der Waals surface area (Å²) in [4.78, 5) is 13.6. The van der Waals surface area contributed by atoms with E-state index in [0.717, 1.165) is 36.1 Å². The molecule has 4 nitrogen and oxygen atoms in total. The van der Waals surface area contributed by atoms with Gasteiger partial charge in [-0.2, -0.15) is 0 Å². The zero-order chi connectivity index (χ0) is 13.1. The molecule has 0 amide bonds. The fraction of sp³-hybridized carbons (Fsp3) is 0.462. The van der Waals surface area contributed by atoms with Gasteiger partial charge in [0.2, 0.25) is 0 Å². The maximum absolute atomic E-state index is 11.4. The van der Waals surface area contributed by atoms with Crippen molar-refractivity contribution < 1.29 is 14.6 Å². The Morgan fingerprint density at radius 1 is 1.61 bits per heavy atom. The molecule has 1 N–H and O–H groups in total. The number of halogens is 1. The Kier molecular flexibility index (Phi) is 4.37. The van der Waals surface area contributed by atoms with Crippen LogP contribution in [0, 0.1) is 0 Å². The normalized spacial score (nSPS) is 20.1. The summed E-state index contributed by atoms with van der Waals surface area (Å²) in [6, 6.07) is 5.61.